The van der Waals surface area contributed by atoms with Crippen LogP contribution in [0.3, 0.4) is 0 Å². The number of hydrogen-bond donors (Lipinski definition) is 1. The number of piperidine rings is 1. The number of pyridine rings is 1. The Bertz CT molecular complexity index is 1700. The number of fused-ring (bicyclic) bond motifs is 1. The molecule has 0 radical (unpaired) electrons. The van der Waals surface area contributed by atoms with Gasteiger partial charge in [-0.05, 0) is 62.7 Å². The van der Waals surface area contributed by atoms with E-state index in [-0.39, 0.29) is 30.8 Å². The number of esters is 1. The molecule has 0 bridgehead atoms. The first-order valence-corrected chi connectivity index (χ1v) is 14.9. The first kappa shape index (κ1) is 29.8. The molecule has 44 heavy (non-hydrogen) atoms. The number of carbonyl (C=O) groups is 1. The summed E-state index contributed by atoms with van der Waals surface area (Å²) >= 11 is 0. The average Bonchev–Trinajstić information content (AvgIpc) is 3.33. The van der Waals surface area contributed by atoms with Crippen molar-refractivity contribution in [2.75, 3.05) is 26.8 Å². The Labute approximate surface area is 255 Å². The summed E-state index contributed by atoms with van der Waals surface area (Å²) in [5.74, 6) is -0.163. The third-order valence-electron chi connectivity index (χ3n) is 8.73. The van der Waals surface area contributed by atoms with Crippen LogP contribution in [0.4, 0.5) is 4.39 Å². The molecule has 2 saturated heterocycles. The molecule has 0 amide bonds. The molecule has 2 aromatic heterocycles. The second-order valence-corrected chi connectivity index (χ2v) is 11.4. The fourth-order valence-electron chi connectivity index (χ4n) is 6.14. The molecule has 2 aliphatic rings. The van der Waals surface area contributed by atoms with Gasteiger partial charge in [0.05, 0.1) is 37.0 Å². The van der Waals surface area contributed by atoms with Gasteiger partial charge in [-0.3, -0.25) is 4.90 Å². The molecule has 1 atom stereocenters. The smallest absolute Gasteiger partial charge is 0.337 e. The van der Waals surface area contributed by atoms with Crippen molar-refractivity contribution in [3.63, 3.8) is 0 Å². The normalized spacial score (nSPS) is 17.3. The van der Waals surface area contributed by atoms with Gasteiger partial charge in [0.2, 0.25) is 5.88 Å². The van der Waals surface area contributed by atoms with Gasteiger partial charge >= 0.3 is 5.97 Å². The standard InChI is InChI=1S/C34H35FN4O5/c1-42-34(41)24-7-8-27-28(20-40)32(39(31(27)16-24)18-26-11-14-43-26)19-38-12-9-23(10-13-38)30-3-2-4-33(37-30)44-21-25-6-5-22(17-36)15-29(25)35/h2-8,15-16,23,26,40H,9-14,18-21H2,1H3/t26-/m0/s1. The molecule has 9 nitrogen and oxygen atoms in total. The monoisotopic (exact) mass is 598 g/mol. The highest BCUT2D eigenvalue weighted by molar-refractivity contribution is 5.96. The molecule has 0 aliphatic carbocycles. The molecular formula is C34H35FN4O5. The zero-order chi connectivity index (χ0) is 30.6. The van der Waals surface area contributed by atoms with Crippen LogP contribution >= 0.6 is 0 Å². The summed E-state index contributed by atoms with van der Waals surface area (Å²) in [6, 6.07) is 17.5. The molecule has 228 valence electrons. The lowest BCUT2D eigenvalue weighted by molar-refractivity contribution is -0.0591. The van der Waals surface area contributed by atoms with Crippen LogP contribution in [0.1, 0.15) is 63.6 Å². The maximum Gasteiger partial charge on any atom is 0.337 e. The molecule has 2 aromatic carbocycles. The van der Waals surface area contributed by atoms with Gasteiger partial charge in [0, 0.05) is 65.1 Å². The summed E-state index contributed by atoms with van der Waals surface area (Å²) < 4.78 is 33.0. The highest BCUT2D eigenvalue weighted by Gasteiger charge is 2.28. The van der Waals surface area contributed by atoms with Crippen molar-refractivity contribution >= 4 is 16.9 Å². The van der Waals surface area contributed by atoms with E-state index in [0.717, 1.165) is 66.8 Å². The van der Waals surface area contributed by atoms with Gasteiger partial charge in [-0.1, -0.05) is 18.2 Å². The Hall–Kier alpha value is -4.30. The molecule has 0 unspecified atom stereocenters. The number of rotatable bonds is 10. The molecule has 2 aliphatic heterocycles. The first-order chi connectivity index (χ1) is 21.5. The fraction of sp³-hybridized carbons (Fsp3) is 0.382. The molecule has 2 fully saturated rings. The molecular weight excluding hydrogens is 563 g/mol. The minimum absolute atomic E-state index is 0.0284. The number of aliphatic hydroxyl groups excluding tert-OH is 1. The number of benzene rings is 2. The van der Waals surface area contributed by atoms with Crippen LogP contribution < -0.4 is 4.74 Å². The molecule has 6 rings (SSSR count). The van der Waals surface area contributed by atoms with E-state index in [0.29, 0.717) is 30.1 Å². The van der Waals surface area contributed by atoms with Gasteiger partial charge in [0.1, 0.15) is 12.4 Å². The number of aliphatic hydroxyl groups is 1. The predicted octanol–water partition coefficient (Wildman–Crippen LogP) is 5.07. The second-order valence-electron chi connectivity index (χ2n) is 11.4. The van der Waals surface area contributed by atoms with Crippen molar-refractivity contribution in [1.82, 2.24) is 14.5 Å². The highest BCUT2D eigenvalue weighted by atomic mass is 19.1. The van der Waals surface area contributed by atoms with Crippen LogP contribution in [0.15, 0.2) is 54.6 Å². The van der Waals surface area contributed by atoms with Crippen LogP contribution in [0.5, 0.6) is 5.88 Å². The van der Waals surface area contributed by atoms with Gasteiger partial charge in [0.25, 0.3) is 0 Å². The second kappa shape index (κ2) is 13.1. The number of halogens is 1. The van der Waals surface area contributed by atoms with Crippen LogP contribution in [-0.2, 0) is 35.8 Å². The number of aromatic nitrogens is 2. The van der Waals surface area contributed by atoms with E-state index in [9.17, 15) is 14.3 Å². The van der Waals surface area contributed by atoms with E-state index in [1.807, 2.05) is 30.3 Å². The SMILES string of the molecule is COC(=O)c1ccc2c(CO)c(CN3CCC(c4cccc(OCc5ccc(C#N)cc5F)n4)CC3)n(C[C@@H]3CCO3)c2c1. The molecule has 4 heterocycles. The molecule has 10 heteroatoms. The van der Waals surface area contributed by atoms with Crippen LogP contribution in [0.25, 0.3) is 10.9 Å². The van der Waals surface area contributed by atoms with E-state index in [2.05, 4.69) is 9.47 Å². The van der Waals surface area contributed by atoms with Crippen molar-refractivity contribution in [2.24, 2.45) is 0 Å². The average molecular weight is 599 g/mol. The maximum atomic E-state index is 14.3. The van der Waals surface area contributed by atoms with Crippen molar-refractivity contribution in [3.05, 3.63) is 94.1 Å². The van der Waals surface area contributed by atoms with E-state index in [4.69, 9.17) is 24.5 Å². The fourth-order valence-corrected chi connectivity index (χ4v) is 6.14. The van der Waals surface area contributed by atoms with Crippen LogP contribution in [0.2, 0.25) is 0 Å². The highest BCUT2D eigenvalue weighted by Crippen LogP contribution is 2.33. The van der Waals surface area contributed by atoms with E-state index < -0.39 is 11.8 Å². The lowest BCUT2D eigenvalue weighted by atomic mass is 9.93. The summed E-state index contributed by atoms with van der Waals surface area (Å²) in [4.78, 5) is 19.4. The van der Waals surface area contributed by atoms with Crippen molar-refractivity contribution in [1.29, 1.82) is 5.26 Å². The number of likely N-dealkylation sites (tertiary alicyclic amines) is 1. The van der Waals surface area contributed by atoms with Gasteiger partial charge in [-0.15, -0.1) is 0 Å². The third-order valence-corrected chi connectivity index (χ3v) is 8.73. The Morgan fingerprint density at radius 2 is 1.98 bits per heavy atom. The minimum atomic E-state index is -0.472. The molecule has 0 spiro atoms. The summed E-state index contributed by atoms with van der Waals surface area (Å²) in [5.41, 5.74) is 4.89. The largest absolute Gasteiger partial charge is 0.473 e. The maximum absolute atomic E-state index is 14.3. The number of nitrogens with zero attached hydrogens (tertiary/aromatic N) is 4. The van der Waals surface area contributed by atoms with Gasteiger partial charge in [0.15, 0.2) is 0 Å². The number of ether oxygens (including phenoxy) is 3. The zero-order valence-electron chi connectivity index (χ0n) is 24.7. The van der Waals surface area contributed by atoms with E-state index in [1.54, 1.807) is 24.3 Å². The summed E-state index contributed by atoms with van der Waals surface area (Å²) in [5, 5.41) is 20.3. The van der Waals surface area contributed by atoms with Crippen molar-refractivity contribution in [3.8, 4) is 11.9 Å². The van der Waals surface area contributed by atoms with E-state index in [1.165, 1.54) is 13.2 Å². The number of nitriles is 1. The number of hydrogen-bond acceptors (Lipinski definition) is 8. The summed E-state index contributed by atoms with van der Waals surface area (Å²) in [6.45, 7) is 3.73. The molecule has 0 saturated carbocycles. The van der Waals surface area contributed by atoms with Gasteiger partial charge in [-0.2, -0.15) is 5.26 Å². The predicted molar refractivity (Wildman–Crippen MR) is 160 cm³/mol. The quantitative estimate of drug-likeness (QED) is 0.252. The number of methoxy groups -OCH3 is 1. The van der Waals surface area contributed by atoms with Crippen molar-refractivity contribution in [2.45, 2.75) is 57.6 Å². The summed E-state index contributed by atoms with van der Waals surface area (Å²) in [6.07, 6.45) is 2.91. The topological polar surface area (TPSA) is 110 Å². The number of carbonyl (C=O) groups excluding carboxylic acids is 1. The zero-order valence-corrected chi connectivity index (χ0v) is 24.7. The Kier molecular flexibility index (Phi) is 8.89. The van der Waals surface area contributed by atoms with Gasteiger partial charge in [-0.25, -0.2) is 14.2 Å². The lowest BCUT2D eigenvalue weighted by Crippen LogP contribution is -2.35. The Balaban J connectivity index is 1.15. The lowest BCUT2D eigenvalue weighted by Gasteiger charge is -2.33. The summed E-state index contributed by atoms with van der Waals surface area (Å²) in [7, 11) is 1.37. The Morgan fingerprint density at radius 3 is 2.66 bits per heavy atom. The van der Waals surface area contributed by atoms with Crippen LogP contribution in [-0.4, -0.2) is 58.4 Å². The van der Waals surface area contributed by atoms with Crippen molar-refractivity contribution < 1.29 is 28.5 Å². The first-order valence-electron chi connectivity index (χ1n) is 14.9. The Morgan fingerprint density at radius 1 is 1.16 bits per heavy atom. The van der Waals surface area contributed by atoms with E-state index >= 15 is 0 Å². The molecule has 4 aromatic rings. The van der Waals surface area contributed by atoms with Crippen LogP contribution in [0, 0.1) is 17.1 Å². The van der Waals surface area contributed by atoms with Gasteiger partial charge < -0.3 is 23.9 Å². The minimum Gasteiger partial charge on any atom is -0.473 e. The molecule has 1 N–H and O–H groups in total. The third kappa shape index (κ3) is 6.17.